The summed E-state index contributed by atoms with van der Waals surface area (Å²) in [5.74, 6) is -0.722. The zero-order valence-electron chi connectivity index (χ0n) is 15.8. The summed E-state index contributed by atoms with van der Waals surface area (Å²) in [5, 5.41) is 5.36. The Kier molecular flexibility index (Phi) is 7.17. The Morgan fingerprint density at radius 1 is 1.00 bits per heavy atom. The Labute approximate surface area is 169 Å². The Morgan fingerprint density at radius 3 is 2.18 bits per heavy atom. The van der Waals surface area contributed by atoms with Crippen molar-refractivity contribution in [3.63, 3.8) is 0 Å². The van der Waals surface area contributed by atoms with E-state index < -0.39 is 15.9 Å². The van der Waals surface area contributed by atoms with Gasteiger partial charge in [-0.15, -0.1) is 0 Å². The number of sulfonamides is 1. The lowest BCUT2D eigenvalue weighted by Gasteiger charge is -2.19. The first-order valence-electron chi connectivity index (χ1n) is 8.67. The second-order valence-corrected chi connectivity index (χ2v) is 8.26. The van der Waals surface area contributed by atoms with Crippen molar-refractivity contribution in [1.82, 2.24) is 4.31 Å². The monoisotopic (exact) mass is 423 g/mol. The Balaban J connectivity index is 2.32. The van der Waals surface area contributed by atoms with Gasteiger partial charge in [0.2, 0.25) is 15.9 Å². The van der Waals surface area contributed by atoms with E-state index >= 15 is 0 Å². The fraction of sp³-hybridized carbons (Fsp3) is 0.263. The van der Waals surface area contributed by atoms with Gasteiger partial charge >= 0.3 is 0 Å². The van der Waals surface area contributed by atoms with Gasteiger partial charge in [0.15, 0.2) is 0 Å². The van der Waals surface area contributed by atoms with E-state index in [0.717, 1.165) is 0 Å². The molecule has 2 aromatic carbocycles. The quantitative estimate of drug-likeness (QED) is 0.711. The molecule has 0 unspecified atom stereocenters. The summed E-state index contributed by atoms with van der Waals surface area (Å²) in [6, 6.07) is 10.7. The van der Waals surface area contributed by atoms with Crippen LogP contribution in [0.4, 0.5) is 11.4 Å². The van der Waals surface area contributed by atoms with Crippen molar-refractivity contribution in [2.75, 3.05) is 23.7 Å². The lowest BCUT2D eigenvalue weighted by molar-refractivity contribution is -0.114. The Morgan fingerprint density at radius 2 is 1.61 bits per heavy atom. The van der Waals surface area contributed by atoms with Gasteiger partial charge in [0, 0.05) is 37.0 Å². The fourth-order valence-electron chi connectivity index (χ4n) is 2.63. The van der Waals surface area contributed by atoms with Gasteiger partial charge in [-0.2, -0.15) is 4.31 Å². The molecule has 0 aliphatic rings. The zero-order valence-corrected chi connectivity index (χ0v) is 17.4. The van der Waals surface area contributed by atoms with Crippen molar-refractivity contribution in [1.29, 1.82) is 0 Å². The number of anilines is 2. The SMILES string of the molecule is CCN(CC)S(=O)(=O)c1cc(C(=O)Nc2cccc(NC(C)=O)c2)ccc1Cl. The normalized spacial score (nSPS) is 11.3. The molecule has 0 saturated heterocycles. The minimum Gasteiger partial charge on any atom is -0.326 e. The molecule has 0 aromatic heterocycles. The lowest BCUT2D eigenvalue weighted by Crippen LogP contribution is -2.31. The van der Waals surface area contributed by atoms with Gasteiger partial charge in [-0.1, -0.05) is 31.5 Å². The van der Waals surface area contributed by atoms with Crippen LogP contribution in [0.1, 0.15) is 31.1 Å². The molecule has 0 spiro atoms. The maximum atomic E-state index is 12.8. The molecule has 0 heterocycles. The summed E-state index contributed by atoms with van der Waals surface area (Å²) < 4.78 is 26.8. The molecule has 2 rings (SSSR count). The summed E-state index contributed by atoms with van der Waals surface area (Å²) in [4.78, 5) is 23.6. The summed E-state index contributed by atoms with van der Waals surface area (Å²) in [7, 11) is -3.81. The number of hydrogen-bond acceptors (Lipinski definition) is 4. The van der Waals surface area contributed by atoms with E-state index in [1.807, 2.05) is 0 Å². The molecule has 0 radical (unpaired) electrons. The van der Waals surface area contributed by atoms with Crippen molar-refractivity contribution in [3.05, 3.63) is 53.1 Å². The van der Waals surface area contributed by atoms with E-state index in [2.05, 4.69) is 10.6 Å². The van der Waals surface area contributed by atoms with Gasteiger partial charge in [0.25, 0.3) is 5.91 Å². The van der Waals surface area contributed by atoms with E-state index in [0.29, 0.717) is 24.5 Å². The van der Waals surface area contributed by atoms with Crippen LogP contribution in [0, 0.1) is 0 Å². The first-order valence-corrected chi connectivity index (χ1v) is 10.5. The molecule has 7 nitrogen and oxygen atoms in total. The number of nitrogens with one attached hydrogen (secondary N) is 2. The third kappa shape index (κ3) is 5.09. The first kappa shape index (κ1) is 21.9. The predicted molar refractivity (Wildman–Crippen MR) is 110 cm³/mol. The summed E-state index contributed by atoms with van der Waals surface area (Å²) in [6.45, 7) is 5.43. The predicted octanol–water partition coefficient (Wildman–Crippen LogP) is 3.58. The van der Waals surface area contributed by atoms with Crippen LogP contribution in [-0.4, -0.2) is 37.6 Å². The van der Waals surface area contributed by atoms with Crippen LogP contribution in [0.25, 0.3) is 0 Å². The van der Waals surface area contributed by atoms with Gasteiger partial charge < -0.3 is 10.6 Å². The highest BCUT2D eigenvalue weighted by Crippen LogP contribution is 2.26. The third-order valence-corrected chi connectivity index (χ3v) is 6.49. The van der Waals surface area contributed by atoms with Crippen molar-refractivity contribution < 1.29 is 18.0 Å². The Bertz CT molecular complexity index is 988. The number of rotatable bonds is 7. The molecule has 0 fully saturated rings. The van der Waals surface area contributed by atoms with Crippen LogP contribution in [0.5, 0.6) is 0 Å². The molecule has 9 heteroatoms. The van der Waals surface area contributed by atoms with Gasteiger partial charge in [-0.25, -0.2) is 8.42 Å². The van der Waals surface area contributed by atoms with Gasteiger partial charge in [0.1, 0.15) is 4.90 Å². The molecule has 0 bridgehead atoms. The molecule has 28 heavy (non-hydrogen) atoms. The number of amides is 2. The molecule has 150 valence electrons. The largest absolute Gasteiger partial charge is 0.326 e. The molecule has 2 N–H and O–H groups in total. The van der Waals surface area contributed by atoms with E-state index in [4.69, 9.17) is 11.6 Å². The second kappa shape index (κ2) is 9.18. The number of hydrogen-bond donors (Lipinski definition) is 2. The highest BCUT2D eigenvalue weighted by atomic mass is 35.5. The molecular weight excluding hydrogens is 402 g/mol. The van der Waals surface area contributed by atoms with Gasteiger partial charge in [-0.3, -0.25) is 9.59 Å². The van der Waals surface area contributed by atoms with Crippen molar-refractivity contribution >= 4 is 44.8 Å². The average Bonchev–Trinajstić information content (AvgIpc) is 2.62. The number of halogens is 1. The molecule has 0 aliphatic heterocycles. The smallest absolute Gasteiger partial charge is 0.255 e. The van der Waals surface area contributed by atoms with Gasteiger partial charge in [-0.05, 0) is 36.4 Å². The molecule has 0 saturated carbocycles. The van der Waals surface area contributed by atoms with Crippen LogP contribution in [0.2, 0.25) is 5.02 Å². The molecule has 2 aromatic rings. The maximum absolute atomic E-state index is 12.8. The van der Waals surface area contributed by atoms with Crippen LogP contribution >= 0.6 is 11.6 Å². The topological polar surface area (TPSA) is 95.6 Å². The minimum atomic E-state index is -3.81. The molecule has 0 atom stereocenters. The van der Waals surface area contributed by atoms with E-state index in [1.54, 1.807) is 38.1 Å². The van der Waals surface area contributed by atoms with Crippen molar-refractivity contribution in [2.24, 2.45) is 0 Å². The number of carbonyl (C=O) groups is 2. The molecule has 0 aliphatic carbocycles. The number of benzene rings is 2. The highest BCUT2D eigenvalue weighted by molar-refractivity contribution is 7.89. The second-order valence-electron chi connectivity index (χ2n) is 5.95. The Hall–Kier alpha value is -2.42. The van der Waals surface area contributed by atoms with E-state index in [1.165, 1.54) is 29.4 Å². The van der Waals surface area contributed by atoms with E-state index in [-0.39, 0.29) is 21.4 Å². The summed E-state index contributed by atoms with van der Waals surface area (Å²) in [5.41, 5.74) is 1.14. The van der Waals surface area contributed by atoms with E-state index in [9.17, 15) is 18.0 Å². The van der Waals surface area contributed by atoms with Gasteiger partial charge in [0.05, 0.1) is 5.02 Å². The highest BCUT2D eigenvalue weighted by Gasteiger charge is 2.25. The van der Waals surface area contributed by atoms with Crippen molar-refractivity contribution in [3.8, 4) is 0 Å². The van der Waals surface area contributed by atoms with Crippen LogP contribution in [0.3, 0.4) is 0 Å². The van der Waals surface area contributed by atoms with Crippen LogP contribution in [0.15, 0.2) is 47.4 Å². The molecule has 2 amide bonds. The van der Waals surface area contributed by atoms with Crippen LogP contribution in [-0.2, 0) is 14.8 Å². The summed E-state index contributed by atoms with van der Waals surface area (Å²) >= 11 is 6.10. The number of carbonyl (C=O) groups excluding carboxylic acids is 2. The fourth-order valence-corrected chi connectivity index (χ4v) is 4.58. The van der Waals surface area contributed by atoms with Crippen molar-refractivity contribution in [2.45, 2.75) is 25.7 Å². The average molecular weight is 424 g/mol. The lowest BCUT2D eigenvalue weighted by atomic mass is 10.2. The molecular formula is C19H22ClN3O4S. The number of nitrogens with zero attached hydrogens (tertiary/aromatic N) is 1. The third-order valence-electron chi connectivity index (χ3n) is 3.96. The standard InChI is InChI=1S/C19H22ClN3O4S/c1-4-23(5-2)28(26,27)18-11-14(9-10-17(18)20)19(25)22-16-8-6-7-15(12-16)21-13(3)24/h6-12H,4-5H2,1-3H3,(H,21,24)(H,22,25). The minimum absolute atomic E-state index is 0.0519. The maximum Gasteiger partial charge on any atom is 0.255 e. The van der Waals surface area contributed by atoms with Crippen LogP contribution < -0.4 is 10.6 Å². The zero-order chi connectivity index (χ0) is 20.9. The summed E-state index contributed by atoms with van der Waals surface area (Å²) in [6.07, 6.45) is 0. The first-order chi connectivity index (χ1) is 13.2.